The second kappa shape index (κ2) is 9.83. The maximum absolute atomic E-state index is 5.67. The van der Waals surface area contributed by atoms with Crippen molar-refractivity contribution in [3.8, 4) is 17.2 Å². The van der Waals surface area contributed by atoms with E-state index in [-0.39, 0.29) is 0 Å². The Morgan fingerprint density at radius 3 is 2.50 bits per heavy atom. The van der Waals surface area contributed by atoms with E-state index in [1.165, 1.54) is 11.1 Å². The summed E-state index contributed by atoms with van der Waals surface area (Å²) in [7, 11) is 3.31. The monoisotopic (exact) mass is 329 g/mol. The fourth-order valence-electron chi connectivity index (χ4n) is 2.47. The topological polar surface area (TPSA) is 39.7 Å². The van der Waals surface area contributed by atoms with Crippen molar-refractivity contribution in [1.29, 1.82) is 0 Å². The van der Waals surface area contributed by atoms with Crippen LogP contribution in [0, 0.1) is 0 Å². The summed E-state index contributed by atoms with van der Waals surface area (Å²) in [4.78, 5) is 0. The Labute approximate surface area is 144 Å². The summed E-state index contributed by atoms with van der Waals surface area (Å²) in [5, 5.41) is 3.47. The highest BCUT2D eigenvalue weighted by Crippen LogP contribution is 2.27. The molecule has 0 aliphatic rings. The van der Waals surface area contributed by atoms with E-state index in [1.807, 2.05) is 24.3 Å². The molecule has 0 amide bonds. The standard InChI is InChI=1S/C20H27NO3/c1-4-12-24-18-7-5-6-17(13-18)15-21-11-10-16-8-9-19(22-2)20(14-16)23-3/h5-9,13-14,21H,4,10-12,15H2,1-3H3. The Hall–Kier alpha value is -2.20. The van der Waals surface area contributed by atoms with Crippen LogP contribution in [0.15, 0.2) is 42.5 Å². The van der Waals surface area contributed by atoms with Gasteiger partial charge in [-0.05, 0) is 54.8 Å². The normalized spacial score (nSPS) is 10.5. The largest absolute Gasteiger partial charge is 0.494 e. The number of benzene rings is 2. The van der Waals surface area contributed by atoms with Crippen LogP contribution in [0.1, 0.15) is 24.5 Å². The van der Waals surface area contributed by atoms with Gasteiger partial charge in [0.1, 0.15) is 5.75 Å². The first-order valence-electron chi connectivity index (χ1n) is 8.40. The third-order valence-electron chi connectivity index (χ3n) is 3.74. The molecule has 0 saturated carbocycles. The van der Waals surface area contributed by atoms with Gasteiger partial charge in [0, 0.05) is 6.54 Å². The van der Waals surface area contributed by atoms with Crippen LogP contribution >= 0.6 is 0 Å². The van der Waals surface area contributed by atoms with E-state index in [2.05, 4.69) is 30.4 Å². The van der Waals surface area contributed by atoms with Crippen LogP contribution in [-0.2, 0) is 13.0 Å². The van der Waals surface area contributed by atoms with Crippen LogP contribution in [0.25, 0.3) is 0 Å². The van der Waals surface area contributed by atoms with Crippen molar-refractivity contribution >= 4 is 0 Å². The minimum atomic E-state index is 0.760. The molecule has 0 heterocycles. The molecule has 0 radical (unpaired) electrons. The molecule has 0 fully saturated rings. The average molecular weight is 329 g/mol. The molecular weight excluding hydrogens is 302 g/mol. The van der Waals surface area contributed by atoms with Crippen LogP contribution in [0.5, 0.6) is 17.2 Å². The molecule has 0 aliphatic heterocycles. The van der Waals surface area contributed by atoms with Crippen LogP contribution in [0.4, 0.5) is 0 Å². The zero-order valence-electron chi connectivity index (χ0n) is 14.8. The molecule has 0 aliphatic carbocycles. The molecule has 0 unspecified atom stereocenters. The third-order valence-corrected chi connectivity index (χ3v) is 3.74. The molecule has 4 heteroatoms. The van der Waals surface area contributed by atoms with Crippen molar-refractivity contribution in [3.63, 3.8) is 0 Å². The van der Waals surface area contributed by atoms with E-state index >= 15 is 0 Å². The Kier molecular flexibility index (Phi) is 7.43. The van der Waals surface area contributed by atoms with Gasteiger partial charge in [-0.15, -0.1) is 0 Å². The lowest BCUT2D eigenvalue weighted by atomic mass is 10.1. The SMILES string of the molecule is CCCOc1cccc(CNCCc2ccc(OC)c(OC)c2)c1. The Morgan fingerprint density at radius 2 is 1.75 bits per heavy atom. The second-order valence-corrected chi connectivity index (χ2v) is 5.61. The van der Waals surface area contributed by atoms with Crippen molar-refractivity contribution in [3.05, 3.63) is 53.6 Å². The summed E-state index contributed by atoms with van der Waals surface area (Å²) in [6, 6.07) is 14.3. The first kappa shape index (κ1) is 18.1. The van der Waals surface area contributed by atoms with Gasteiger partial charge in [0.2, 0.25) is 0 Å². The van der Waals surface area contributed by atoms with Crippen LogP contribution in [0.2, 0.25) is 0 Å². The van der Waals surface area contributed by atoms with Gasteiger partial charge in [0.25, 0.3) is 0 Å². The summed E-state index contributed by atoms with van der Waals surface area (Å²) >= 11 is 0. The van der Waals surface area contributed by atoms with E-state index in [4.69, 9.17) is 14.2 Å². The predicted molar refractivity (Wildman–Crippen MR) is 97.2 cm³/mol. The lowest BCUT2D eigenvalue weighted by Gasteiger charge is -2.10. The number of hydrogen-bond acceptors (Lipinski definition) is 4. The summed E-state index contributed by atoms with van der Waals surface area (Å²) in [6.45, 7) is 4.60. The highest BCUT2D eigenvalue weighted by molar-refractivity contribution is 5.42. The lowest BCUT2D eigenvalue weighted by Crippen LogP contribution is -2.16. The molecule has 0 atom stereocenters. The first-order chi connectivity index (χ1) is 11.8. The number of nitrogens with one attached hydrogen (secondary N) is 1. The summed E-state index contributed by atoms with van der Waals surface area (Å²) < 4.78 is 16.3. The van der Waals surface area contributed by atoms with Crippen molar-refractivity contribution < 1.29 is 14.2 Å². The maximum Gasteiger partial charge on any atom is 0.160 e. The zero-order chi connectivity index (χ0) is 17.2. The summed E-state index contributed by atoms with van der Waals surface area (Å²) in [5.74, 6) is 2.48. The first-order valence-corrected chi connectivity index (χ1v) is 8.40. The highest BCUT2D eigenvalue weighted by atomic mass is 16.5. The molecule has 24 heavy (non-hydrogen) atoms. The van der Waals surface area contributed by atoms with E-state index in [1.54, 1.807) is 14.2 Å². The highest BCUT2D eigenvalue weighted by Gasteiger charge is 2.04. The van der Waals surface area contributed by atoms with Gasteiger partial charge in [0.15, 0.2) is 11.5 Å². The predicted octanol–water partition coefficient (Wildman–Crippen LogP) is 3.82. The van der Waals surface area contributed by atoms with E-state index in [0.29, 0.717) is 0 Å². The molecule has 0 bridgehead atoms. The molecule has 2 aromatic rings. The molecule has 4 nitrogen and oxygen atoms in total. The fourth-order valence-corrected chi connectivity index (χ4v) is 2.47. The quantitative estimate of drug-likeness (QED) is 0.673. The van der Waals surface area contributed by atoms with Gasteiger partial charge >= 0.3 is 0 Å². The maximum atomic E-state index is 5.67. The number of methoxy groups -OCH3 is 2. The third kappa shape index (κ3) is 5.46. The van der Waals surface area contributed by atoms with Crippen molar-refractivity contribution in [2.45, 2.75) is 26.3 Å². The van der Waals surface area contributed by atoms with E-state index < -0.39 is 0 Å². The molecule has 0 saturated heterocycles. The van der Waals surface area contributed by atoms with Crippen LogP contribution in [-0.4, -0.2) is 27.4 Å². The minimum Gasteiger partial charge on any atom is -0.494 e. The van der Waals surface area contributed by atoms with Crippen molar-refractivity contribution in [2.24, 2.45) is 0 Å². The van der Waals surface area contributed by atoms with E-state index in [0.717, 1.165) is 49.8 Å². The number of rotatable bonds is 10. The van der Waals surface area contributed by atoms with Crippen LogP contribution in [0.3, 0.4) is 0 Å². The molecule has 0 spiro atoms. The average Bonchev–Trinajstić information content (AvgIpc) is 2.63. The van der Waals surface area contributed by atoms with Gasteiger partial charge in [-0.2, -0.15) is 0 Å². The van der Waals surface area contributed by atoms with Gasteiger partial charge in [-0.3, -0.25) is 0 Å². The van der Waals surface area contributed by atoms with Crippen LogP contribution < -0.4 is 19.5 Å². The molecule has 0 aromatic heterocycles. The number of ether oxygens (including phenoxy) is 3. The van der Waals surface area contributed by atoms with Gasteiger partial charge in [-0.25, -0.2) is 0 Å². The smallest absolute Gasteiger partial charge is 0.160 e. The van der Waals surface area contributed by atoms with Gasteiger partial charge in [-0.1, -0.05) is 25.1 Å². The molecule has 2 rings (SSSR count). The Bertz CT molecular complexity index is 628. The Morgan fingerprint density at radius 1 is 0.917 bits per heavy atom. The molecule has 130 valence electrons. The lowest BCUT2D eigenvalue weighted by molar-refractivity contribution is 0.317. The second-order valence-electron chi connectivity index (χ2n) is 5.61. The van der Waals surface area contributed by atoms with Crippen molar-refractivity contribution in [2.75, 3.05) is 27.4 Å². The number of hydrogen-bond donors (Lipinski definition) is 1. The molecular formula is C20H27NO3. The van der Waals surface area contributed by atoms with Crippen molar-refractivity contribution in [1.82, 2.24) is 5.32 Å². The zero-order valence-corrected chi connectivity index (χ0v) is 14.8. The summed E-state index contributed by atoms with van der Waals surface area (Å²) in [6.07, 6.45) is 1.96. The molecule has 2 aromatic carbocycles. The fraction of sp³-hybridized carbons (Fsp3) is 0.400. The molecule has 1 N–H and O–H groups in total. The van der Waals surface area contributed by atoms with Gasteiger partial charge < -0.3 is 19.5 Å². The van der Waals surface area contributed by atoms with Gasteiger partial charge in [0.05, 0.1) is 20.8 Å². The minimum absolute atomic E-state index is 0.760. The summed E-state index contributed by atoms with van der Waals surface area (Å²) in [5.41, 5.74) is 2.45. The van der Waals surface area contributed by atoms with E-state index in [9.17, 15) is 0 Å². The Balaban J connectivity index is 1.80.